The van der Waals surface area contributed by atoms with E-state index in [0.29, 0.717) is 29.7 Å². The van der Waals surface area contributed by atoms with Crippen LogP contribution in [0.3, 0.4) is 0 Å². The van der Waals surface area contributed by atoms with Crippen molar-refractivity contribution in [2.24, 2.45) is 0 Å². The molecule has 0 atom stereocenters. The van der Waals surface area contributed by atoms with Crippen LogP contribution in [-0.4, -0.2) is 31.7 Å². The second kappa shape index (κ2) is 10.3. The van der Waals surface area contributed by atoms with Crippen LogP contribution in [0.1, 0.15) is 25.0 Å². The number of hydrogen-bond acceptors (Lipinski definition) is 6. The number of aromatic nitrogens is 1. The van der Waals surface area contributed by atoms with Gasteiger partial charge in [0.1, 0.15) is 17.2 Å². The average Bonchev–Trinajstić information content (AvgIpc) is 3.30. The molecule has 0 bridgehead atoms. The van der Waals surface area contributed by atoms with Crippen LogP contribution >= 0.6 is 0 Å². The Kier molecular flexibility index (Phi) is 7.06. The number of carbonyl (C=O) groups excluding carboxylic acids is 1. The molecule has 4 rings (SSSR count). The van der Waals surface area contributed by atoms with Gasteiger partial charge in [-0.05, 0) is 62.2 Å². The minimum atomic E-state index is -0.270. The Morgan fingerprint density at radius 2 is 1.91 bits per heavy atom. The first kappa shape index (κ1) is 23.9. The highest BCUT2D eigenvalue weighted by Gasteiger charge is 2.20. The normalized spacial score (nSPS) is 11.4. The van der Waals surface area contributed by atoms with Gasteiger partial charge in [0.15, 0.2) is 11.5 Å². The van der Waals surface area contributed by atoms with Crippen molar-refractivity contribution in [3.63, 3.8) is 0 Å². The van der Waals surface area contributed by atoms with Crippen molar-refractivity contribution in [1.82, 2.24) is 4.98 Å². The lowest BCUT2D eigenvalue weighted by Gasteiger charge is -2.15. The number of nitrogens with zero attached hydrogens (tertiary/aromatic N) is 1. The van der Waals surface area contributed by atoms with Crippen molar-refractivity contribution in [3.05, 3.63) is 72.1 Å². The molecule has 7 nitrogen and oxygen atoms in total. The molecule has 0 aliphatic rings. The number of pyridine rings is 1. The minimum Gasteiger partial charge on any atom is -0.493 e. The number of methoxy groups -OCH3 is 2. The van der Waals surface area contributed by atoms with E-state index in [-0.39, 0.29) is 5.91 Å². The SMILES string of the molecule is CCOc1c(/C(C)=C/C(=O)Nc2ccccn2)cc2c(-c3ccc(OC)c(OC)c3)coc2c1C. The fourth-order valence-corrected chi connectivity index (χ4v) is 4.04. The molecule has 2 aromatic carbocycles. The van der Waals surface area contributed by atoms with Crippen molar-refractivity contribution in [3.8, 4) is 28.4 Å². The number of rotatable bonds is 8. The molecule has 0 fully saturated rings. The van der Waals surface area contributed by atoms with Crippen LogP contribution in [0, 0.1) is 6.92 Å². The third kappa shape index (κ3) is 4.84. The maximum atomic E-state index is 12.7. The number of nitrogens with one attached hydrogen (secondary N) is 1. The van der Waals surface area contributed by atoms with Gasteiger partial charge in [0.25, 0.3) is 0 Å². The van der Waals surface area contributed by atoms with Gasteiger partial charge in [0.05, 0.1) is 27.1 Å². The molecule has 0 aliphatic heterocycles. The predicted octanol–water partition coefficient (Wildman–Crippen LogP) is 6.26. The van der Waals surface area contributed by atoms with Crippen LogP contribution in [0.4, 0.5) is 5.82 Å². The van der Waals surface area contributed by atoms with E-state index in [1.165, 1.54) is 0 Å². The van der Waals surface area contributed by atoms with Crippen LogP contribution in [-0.2, 0) is 4.79 Å². The van der Waals surface area contributed by atoms with Gasteiger partial charge in [-0.1, -0.05) is 12.1 Å². The number of ether oxygens (including phenoxy) is 3. The van der Waals surface area contributed by atoms with Crippen molar-refractivity contribution in [2.75, 3.05) is 26.1 Å². The fourth-order valence-electron chi connectivity index (χ4n) is 4.04. The molecule has 2 aromatic heterocycles. The van der Waals surface area contributed by atoms with Crippen LogP contribution in [0.25, 0.3) is 27.7 Å². The highest BCUT2D eigenvalue weighted by Crippen LogP contribution is 2.42. The summed E-state index contributed by atoms with van der Waals surface area (Å²) in [5, 5.41) is 3.70. The van der Waals surface area contributed by atoms with Gasteiger partial charge in [-0.3, -0.25) is 4.79 Å². The van der Waals surface area contributed by atoms with Crippen LogP contribution in [0.2, 0.25) is 0 Å². The highest BCUT2D eigenvalue weighted by atomic mass is 16.5. The van der Waals surface area contributed by atoms with Gasteiger partial charge in [-0.2, -0.15) is 0 Å². The Morgan fingerprint density at radius 3 is 2.60 bits per heavy atom. The zero-order valence-electron chi connectivity index (χ0n) is 20.5. The standard InChI is InChI=1S/C28H28N2O5/c1-6-34-27-18(3)28-21(22(16-35-28)19-10-11-23(32-4)24(14-19)33-5)15-20(27)17(2)13-26(31)30-25-9-7-8-12-29-25/h7-16H,6H2,1-5H3,(H,29,30,31)/b17-13+. The summed E-state index contributed by atoms with van der Waals surface area (Å²) in [6.07, 6.45) is 4.91. The van der Waals surface area contributed by atoms with Crippen molar-refractivity contribution in [2.45, 2.75) is 20.8 Å². The lowest BCUT2D eigenvalue weighted by molar-refractivity contribution is -0.111. The summed E-state index contributed by atoms with van der Waals surface area (Å²) >= 11 is 0. The zero-order chi connectivity index (χ0) is 24.9. The van der Waals surface area contributed by atoms with E-state index in [1.54, 1.807) is 44.9 Å². The lowest BCUT2D eigenvalue weighted by atomic mass is 9.96. The van der Waals surface area contributed by atoms with E-state index >= 15 is 0 Å². The molecule has 0 saturated carbocycles. The smallest absolute Gasteiger partial charge is 0.249 e. The van der Waals surface area contributed by atoms with Crippen LogP contribution in [0.15, 0.2) is 65.4 Å². The topological polar surface area (TPSA) is 82.8 Å². The average molecular weight is 473 g/mol. The van der Waals surface area contributed by atoms with E-state index in [0.717, 1.165) is 38.8 Å². The summed E-state index contributed by atoms with van der Waals surface area (Å²) in [6.45, 7) is 6.25. The molecule has 0 spiro atoms. The Balaban J connectivity index is 1.81. The Labute approximate surface area is 204 Å². The maximum absolute atomic E-state index is 12.7. The first-order valence-electron chi connectivity index (χ1n) is 11.3. The highest BCUT2D eigenvalue weighted by molar-refractivity contribution is 6.05. The molecule has 0 unspecified atom stereocenters. The molecule has 2 heterocycles. The molecule has 1 N–H and O–H groups in total. The Hall–Kier alpha value is -4.26. The van der Waals surface area contributed by atoms with Crippen LogP contribution < -0.4 is 19.5 Å². The molecule has 4 aromatic rings. The third-order valence-corrected chi connectivity index (χ3v) is 5.72. The van der Waals surface area contributed by atoms with E-state index in [9.17, 15) is 4.79 Å². The number of carbonyl (C=O) groups is 1. The number of furan rings is 1. The largest absolute Gasteiger partial charge is 0.493 e. The first-order valence-corrected chi connectivity index (χ1v) is 11.3. The molecule has 7 heteroatoms. The summed E-state index contributed by atoms with van der Waals surface area (Å²) in [6, 6.07) is 13.1. The number of anilines is 1. The molecule has 1 amide bonds. The van der Waals surface area contributed by atoms with Crippen LogP contribution in [0.5, 0.6) is 17.2 Å². The summed E-state index contributed by atoms with van der Waals surface area (Å²) < 4.78 is 22.8. The van der Waals surface area contributed by atoms with Gasteiger partial charge in [0.2, 0.25) is 5.91 Å². The fraction of sp³-hybridized carbons (Fsp3) is 0.214. The lowest BCUT2D eigenvalue weighted by Crippen LogP contribution is -2.10. The second-order valence-corrected chi connectivity index (χ2v) is 7.94. The van der Waals surface area contributed by atoms with E-state index in [1.807, 2.05) is 51.1 Å². The summed E-state index contributed by atoms with van der Waals surface area (Å²) in [5.74, 6) is 2.19. The van der Waals surface area contributed by atoms with E-state index < -0.39 is 0 Å². The molecular weight excluding hydrogens is 444 g/mol. The van der Waals surface area contributed by atoms with Gasteiger partial charge >= 0.3 is 0 Å². The quantitative estimate of drug-likeness (QED) is 0.305. The predicted molar refractivity (Wildman–Crippen MR) is 137 cm³/mol. The number of amides is 1. The summed E-state index contributed by atoms with van der Waals surface area (Å²) in [4.78, 5) is 16.8. The zero-order valence-corrected chi connectivity index (χ0v) is 20.5. The monoisotopic (exact) mass is 472 g/mol. The Morgan fingerprint density at radius 1 is 1.11 bits per heavy atom. The molecule has 35 heavy (non-hydrogen) atoms. The van der Waals surface area contributed by atoms with Gasteiger partial charge < -0.3 is 23.9 Å². The molecule has 0 radical (unpaired) electrons. The minimum absolute atomic E-state index is 0.270. The third-order valence-electron chi connectivity index (χ3n) is 5.72. The number of fused-ring (bicyclic) bond motifs is 1. The molecular formula is C28H28N2O5. The number of aryl methyl sites for hydroxylation is 1. The van der Waals surface area contributed by atoms with Gasteiger partial charge in [-0.15, -0.1) is 0 Å². The van der Waals surface area contributed by atoms with Gasteiger partial charge in [-0.25, -0.2) is 4.98 Å². The summed E-state index contributed by atoms with van der Waals surface area (Å²) in [7, 11) is 3.21. The number of hydrogen-bond donors (Lipinski definition) is 1. The van der Waals surface area contributed by atoms with Crippen molar-refractivity contribution < 1.29 is 23.4 Å². The van der Waals surface area contributed by atoms with Crippen molar-refractivity contribution >= 4 is 28.3 Å². The van der Waals surface area contributed by atoms with E-state index in [2.05, 4.69) is 10.3 Å². The number of allylic oxidation sites excluding steroid dienone is 1. The number of benzene rings is 2. The Bertz CT molecular complexity index is 1390. The van der Waals surface area contributed by atoms with E-state index in [4.69, 9.17) is 18.6 Å². The second-order valence-electron chi connectivity index (χ2n) is 7.94. The molecule has 180 valence electrons. The molecule has 0 aliphatic carbocycles. The first-order chi connectivity index (χ1) is 17.0. The van der Waals surface area contributed by atoms with Crippen molar-refractivity contribution in [1.29, 1.82) is 0 Å². The maximum Gasteiger partial charge on any atom is 0.249 e. The van der Waals surface area contributed by atoms with Gasteiger partial charge in [0, 0.05) is 34.3 Å². The summed E-state index contributed by atoms with van der Waals surface area (Å²) in [5.41, 5.74) is 4.99. The molecule has 0 saturated heterocycles.